The summed E-state index contributed by atoms with van der Waals surface area (Å²) in [5, 5.41) is 7.60. The van der Waals surface area contributed by atoms with Crippen LogP contribution in [0.4, 0.5) is 0 Å². The largest absolute Gasteiger partial charge is 0.252 e. The molecule has 0 radical (unpaired) electrons. The number of hydrogen-bond donors (Lipinski definition) is 0. The summed E-state index contributed by atoms with van der Waals surface area (Å²) < 4.78 is 23.7. The van der Waals surface area contributed by atoms with E-state index in [2.05, 4.69) is 16.4 Å². The molecule has 19 heavy (non-hydrogen) atoms. The topological polar surface area (TPSA) is 64.8 Å². The van der Waals surface area contributed by atoms with E-state index in [1.807, 2.05) is 24.3 Å². The Bertz CT molecular complexity index is 754. The molecule has 1 aromatic heterocycles. The molecular formula is C13H13N3O2S. The smallest absolute Gasteiger partial charge is 0.205 e. The molecule has 6 heteroatoms. The molecule has 3 rings (SSSR count). The van der Waals surface area contributed by atoms with E-state index in [9.17, 15) is 8.42 Å². The van der Waals surface area contributed by atoms with Crippen molar-refractivity contribution in [3.05, 3.63) is 41.6 Å². The fraction of sp³-hybridized carbons (Fsp3) is 0.231. The highest BCUT2D eigenvalue weighted by molar-refractivity contribution is 7.89. The third-order valence-corrected chi connectivity index (χ3v) is 3.81. The lowest BCUT2D eigenvalue weighted by Gasteiger charge is -2.01. The molecule has 1 aromatic carbocycles. The van der Waals surface area contributed by atoms with Gasteiger partial charge in [-0.05, 0) is 18.4 Å². The molecule has 0 N–H and O–H groups in total. The van der Waals surface area contributed by atoms with E-state index in [4.69, 9.17) is 0 Å². The predicted octanol–water partition coefficient (Wildman–Crippen LogP) is 1.93. The minimum atomic E-state index is -3.39. The first kappa shape index (κ1) is 12.1. The maximum atomic E-state index is 11.4. The monoisotopic (exact) mass is 275 g/mol. The molecule has 0 saturated heterocycles. The van der Waals surface area contributed by atoms with Gasteiger partial charge in [-0.1, -0.05) is 41.1 Å². The summed E-state index contributed by atoms with van der Waals surface area (Å²) in [4.78, 5) is 0. The van der Waals surface area contributed by atoms with E-state index in [1.54, 1.807) is 0 Å². The molecule has 1 fully saturated rings. The molecule has 1 aliphatic carbocycles. The number of allylic oxidation sites excluding steroid dienone is 1. The van der Waals surface area contributed by atoms with Crippen LogP contribution in [-0.2, 0) is 10.0 Å². The van der Waals surface area contributed by atoms with Crippen molar-refractivity contribution in [2.24, 2.45) is 0 Å². The zero-order valence-corrected chi connectivity index (χ0v) is 11.3. The van der Waals surface area contributed by atoms with Gasteiger partial charge in [0.2, 0.25) is 0 Å². The van der Waals surface area contributed by atoms with E-state index < -0.39 is 10.0 Å². The number of rotatable bonds is 3. The van der Waals surface area contributed by atoms with Crippen molar-refractivity contribution in [1.29, 1.82) is 0 Å². The second-order valence-corrected chi connectivity index (χ2v) is 6.47. The first-order valence-corrected chi connectivity index (χ1v) is 7.80. The average Bonchev–Trinajstić information content (AvgIpc) is 3.02. The van der Waals surface area contributed by atoms with E-state index in [1.165, 1.54) is 11.8 Å². The van der Waals surface area contributed by atoms with Crippen LogP contribution in [-0.4, -0.2) is 29.1 Å². The average molecular weight is 275 g/mol. The Balaban J connectivity index is 2.07. The highest BCUT2D eigenvalue weighted by Gasteiger charge is 2.15. The van der Waals surface area contributed by atoms with Gasteiger partial charge in [-0.3, -0.25) is 0 Å². The molecule has 0 spiro atoms. The van der Waals surface area contributed by atoms with Crippen molar-refractivity contribution in [1.82, 2.24) is 14.4 Å². The molecule has 1 saturated carbocycles. The highest BCUT2D eigenvalue weighted by Crippen LogP contribution is 2.32. The van der Waals surface area contributed by atoms with Gasteiger partial charge >= 0.3 is 0 Å². The quantitative estimate of drug-likeness (QED) is 0.858. The molecule has 0 amide bonds. The molecule has 5 nitrogen and oxygen atoms in total. The Hall–Kier alpha value is -1.95. The van der Waals surface area contributed by atoms with Gasteiger partial charge in [-0.25, -0.2) is 8.42 Å². The Morgan fingerprint density at radius 2 is 2.00 bits per heavy atom. The molecule has 2 aromatic rings. The van der Waals surface area contributed by atoms with Crippen LogP contribution in [0.2, 0.25) is 0 Å². The van der Waals surface area contributed by atoms with Crippen LogP contribution >= 0.6 is 0 Å². The van der Waals surface area contributed by atoms with Crippen LogP contribution in [0, 0.1) is 0 Å². The third kappa shape index (κ3) is 2.58. The molecule has 0 aliphatic heterocycles. The van der Waals surface area contributed by atoms with Crippen molar-refractivity contribution < 1.29 is 8.42 Å². The summed E-state index contributed by atoms with van der Waals surface area (Å²) in [6.45, 7) is 0. The standard InChI is InChI=1S/C13H13N3O2S/c1-19(17,18)16-9-13(14-15-16)12-5-3-2-4-11(12)8-10-6-7-10/h2-5,8-9H,6-7H2,1H3. The minimum Gasteiger partial charge on any atom is -0.205 e. The van der Waals surface area contributed by atoms with Crippen molar-refractivity contribution in [3.63, 3.8) is 0 Å². The summed E-state index contributed by atoms with van der Waals surface area (Å²) in [7, 11) is -3.39. The Morgan fingerprint density at radius 3 is 2.63 bits per heavy atom. The van der Waals surface area contributed by atoms with Crippen LogP contribution < -0.4 is 0 Å². The second kappa shape index (κ2) is 4.31. The molecule has 0 bridgehead atoms. The normalized spacial score (nSPS) is 14.5. The van der Waals surface area contributed by atoms with Gasteiger partial charge in [-0.15, -0.1) is 9.19 Å². The van der Waals surface area contributed by atoms with Crippen LogP contribution in [0.3, 0.4) is 0 Å². The van der Waals surface area contributed by atoms with Crippen molar-refractivity contribution in [3.8, 4) is 11.3 Å². The SMILES string of the molecule is CS(=O)(=O)n1cc(-c2ccccc2C=C2CC2)nn1. The van der Waals surface area contributed by atoms with Gasteiger partial charge in [0.15, 0.2) is 0 Å². The Kier molecular flexibility index (Phi) is 2.74. The van der Waals surface area contributed by atoms with Gasteiger partial charge in [-0.2, -0.15) is 0 Å². The maximum absolute atomic E-state index is 11.4. The molecule has 1 aliphatic rings. The molecule has 0 unspecified atom stereocenters. The van der Waals surface area contributed by atoms with Crippen molar-refractivity contribution in [2.45, 2.75) is 12.8 Å². The molecule has 0 atom stereocenters. The predicted molar refractivity (Wildman–Crippen MR) is 72.9 cm³/mol. The van der Waals surface area contributed by atoms with E-state index in [0.29, 0.717) is 5.69 Å². The minimum absolute atomic E-state index is 0.568. The number of benzene rings is 1. The van der Waals surface area contributed by atoms with Crippen molar-refractivity contribution in [2.75, 3.05) is 6.26 Å². The number of hydrogen-bond acceptors (Lipinski definition) is 4. The summed E-state index contributed by atoms with van der Waals surface area (Å²) in [5.41, 5.74) is 3.92. The zero-order chi connectivity index (χ0) is 13.5. The molecular weight excluding hydrogens is 262 g/mol. The van der Waals surface area contributed by atoms with Gasteiger partial charge < -0.3 is 0 Å². The summed E-state index contributed by atoms with van der Waals surface area (Å²) in [5.74, 6) is 0. The van der Waals surface area contributed by atoms with Gasteiger partial charge in [0, 0.05) is 5.56 Å². The van der Waals surface area contributed by atoms with Gasteiger partial charge in [0.25, 0.3) is 10.0 Å². The Morgan fingerprint density at radius 1 is 1.26 bits per heavy atom. The van der Waals surface area contributed by atoms with Crippen molar-refractivity contribution >= 4 is 16.1 Å². The fourth-order valence-electron chi connectivity index (χ4n) is 1.83. The van der Waals surface area contributed by atoms with E-state index >= 15 is 0 Å². The summed E-state index contributed by atoms with van der Waals surface area (Å²) >= 11 is 0. The van der Waals surface area contributed by atoms with Gasteiger partial charge in [0.05, 0.1) is 12.5 Å². The Labute approximate surface area is 111 Å². The lowest BCUT2D eigenvalue weighted by atomic mass is 10.0. The van der Waals surface area contributed by atoms with Crippen LogP contribution in [0.25, 0.3) is 17.3 Å². The maximum Gasteiger partial charge on any atom is 0.252 e. The highest BCUT2D eigenvalue weighted by atomic mass is 32.2. The van der Waals surface area contributed by atoms with E-state index in [0.717, 1.165) is 34.3 Å². The van der Waals surface area contributed by atoms with Crippen LogP contribution in [0.15, 0.2) is 36.0 Å². The summed E-state index contributed by atoms with van der Waals surface area (Å²) in [6, 6.07) is 7.79. The molecule has 98 valence electrons. The van der Waals surface area contributed by atoms with Crippen LogP contribution in [0.1, 0.15) is 18.4 Å². The molecule has 1 heterocycles. The second-order valence-electron chi connectivity index (χ2n) is 4.63. The lowest BCUT2D eigenvalue weighted by Crippen LogP contribution is -2.10. The van der Waals surface area contributed by atoms with Crippen LogP contribution in [0.5, 0.6) is 0 Å². The number of nitrogens with zero attached hydrogens (tertiary/aromatic N) is 3. The van der Waals surface area contributed by atoms with Gasteiger partial charge in [0.1, 0.15) is 5.69 Å². The van der Waals surface area contributed by atoms with E-state index in [-0.39, 0.29) is 0 Å². The summed E-state index contributed by atoms with van der Waals surface area (Å²) in [6.07, 6.45) is 6.96. The first-order chi connectivity index (χ1) is 9.04. The lowest BCUT2D eigenvalue weighted by molar-refractivity contribution is 0.583. The first-order valence-electron chi connectivity index (χ1n) is 5.96. The zero-order valence-electron chi connectivity index (χ0n) is 10.4. The number of aromatic nitrogens is 3. The third-order valence-electron chi connectivity index (χ3n) is 2.95. The fourth-order valence-corrected chi connectivity index (χ4v) is 2.29.